The Morgan fingerprint density at radius 2 is 2.26 bits per heavy atom. The standard InChI is InChI=1S/C14H16ClNO2S/c1-18-14-11(15)4-8(5-12(14)17)10-6-16-7-13-9(10)2-3-19-13/h2-5,9-10,13,16-17H,6-7H2,1H3. The van der Waals surface area contributed by atoms with Crippen molar-refractivity contribution < 1.29 is 9.84 Å². The number of rotatable bonds is 2. The number of hydrogen-bond donors (Lipinski definition) is 2. The Balaban J connectivity index is 1.95. The molecule has 3 rings (SSSR count). The van der Waals surface area contributed by atoms with Crippen LogP contribution >= 0.6 is 23.4 Å². The lowest BCUT2D eigenvalue weighted by atomic mass is 9.81. The third-order valence-electron chi connectivity index (χ3n) is 3.84. The fourth-order valence-corrected chi connectivity index (χ4v) is 4.35. The first-order chi connectivity index (χ1) is 9.20. The van der Waals surface area contributed by atoms with Crippen molar-refractivity contribution in [2.45, 2.75) is 11.2 Å². The van der Waals surface area contributed by atoms with Gasteiger partial charge >= 0.3 is 0 Å². The molecule has 0 radical (unpaired) electrons. The van der Waals surface area contributed by atoms with Gasteiger partial charge in [0.25, 0.3) is 0 Å². The van der Waals surface area contributed by atoms with E-state index in [4.69, 9.17) is 16.3 Å². The Morgan fingerprint density at radius 1 is 1.42 bits per heavy atom. The van der Waals surface area contributed by atoms with Crippen molar-refractivity contribution >= 4 is 23.4 Å². The minimum absolute atomic E-state index is 0.113. The van der Waals surface area contributed by atoms with E-state index in [0.717, 1.165) is 18.7 Å². The van der Waals surface area contributed by atoms with E-state index in [1.54, 1.807) is 6.07 Å². The summed E-state index contributed by atoms with van der Waals surface area (Å²) >= 11 is 8.05. The molecule has 0 amide bonds. The van der Waals surface area contributed by atoms with Crippen LogP contribution in [0.2, 0.25) is 5.02 Å². The van der Waals surface area contributed by atoms with E-state index in [1.807, 2.05) is 17.8 Å². The molecule has 2 aliphatic heterocycles. The van der Waals surface area contributed by atoms with Gasteiger partial charge in [0.2, 0.25) is 0 Å². The van der Waals surface area contributed by atoms with Crippen LogP contribution in [0.4, 0.5) is 0 Å². The summed E-state index contributed by atoms with van der Waals surface area (Å²) in [5.41, 5.74) is 1.07. The first kappa shape index (κ1) is 13.2. The van der Waals surface area contributed by atoms with Gasteiger partial charge in [0, 0.05) is 24.3 Å². The van der Waals surface area contributed by atoms with Gasteiger partial charge in [-0.25, -0.2) is 0 Å². The molecule has 19 heavy (non-hydrogen) atoms. The van der Waals surface area contributed by atoms with Gasteiger partial charge in [-0.1, -0.05) is 17.7 Å². The minimum atomic E-state index is 0.113. The van der Waals surface area contributed by atoms with Crippen LogP contribution in [0.1, 0.15) is 11.5 Å². The predicted molar refractivity (Wildman–Crippen MR) is 79.3 cm³/mol. The molecule has 3 unspecified atom stereocenters. The Hall–Kier alpha value is -0.840. The Morgan fingerprint density at radius 3 is 3.00 bits per heavy atom. The number of benzene rings is 1. The van der Waals surface area contributed by atoms with E-state index in [1.165, 1.54) is 7.11 Å². The molecule has 1 aromatic rings. The minimum Gasteiger partial charge on any atom is -0.504 e. The molecule has 5 heteroatoms. The van der Waals surface area contributed by atoms with Gasteiger partial charge in [-0.05, 0) is 29.0 Å². The molecule has 3 atom stereocenters. The van der Waals surface area contributed by atoms with Crippen LogP contribution in [0.15, 0.2) is 23.6 Å². The number of nitrogens with one attached hydrogen (secondary N) is 1. The molecule has 102 valence electrons. The number of halogens is 1. The molecule has 1 aromatic carbocycles. The summed E-state index contributed by atoms with van der Waals surface area (Å²) < 4.78 is 5.09. The smallest absolute Gasteiger partial charge is 0.179 e. The third-order valence-corrected chi connectivity index (χ3v) is 5.26. The normalized spacial score (nSPS) is 29.3. The number of hydrogen-bond acceptors (Lipinski definition) is 4. The van der Waals surface area contributed by atoms with Gasteiger partial charge in [0.05, 0.1) is 12.1 Å². The number of fused-ring (bicyclic) bond motifs is 1. The highest BCUT2D eigenvalue weighted by Gasteiger charge is 2.35. The molecule has 1 fully saturated rings. The van der Waals surface area contributed by atoms with Crippen molar-refractivity contribution in [3.8, 4) is 11.5 Å². The molecule has 1 saturated heterocycles. The molecule has 2 heterocycles. The third kappa shape index (κ3) is 2.33. The largest absolute Gasteiger partial charge is 0.504 e. The van der Waals surface area contributed by atoms with Crippen LogP contribution in [0.5, 0.6) is 11.5 Å². The lowest BCUT2D eigenvalue weighted by molar-refractivity contribution is 0.368. The van der Waals surface area contributed by atoms with Crippen LogP contribution in [0, 0.1) is 5.92 Å². The van der Waals surface area contributed by atoms with Crippen molar-refractivity contribution in [2.75, 3.05) is 20.2 Å². The van der Waals surface area contributed by atoms with Gasteiger partial charge < -0.3 is 15.2 Å². The second-order valence-electron chi connectivity index (χ2n) is 4.90. The summed E-state index contributed by atoms with van der Waals surface area (Å²) in [4.78, 5) is 0. The van der Waals surface area contributed by atoms with Crippen molar-refractivity contribution in [3.63, 3.8) is 0 Å². The van der Waals surface area contributed by atoms with Gasteiger partial charge in [-0.2, -0.15) is 0 Å². The maximum absolute atomic E-state index is 9.99. The van der Waals surface area contributed by atoms with E-state index in [-0.39, 0.29) is 5.75 Å². The lowest BCUT2D eigenvalue weighted by Gasteiger charge is -2.34. The van der Waals surface area contributed by atoms with Gasteiger partial charge in [-0.3, -0.25) is 0 Å². The summed E-state index contributed by atoms with van der Waals surface area (Å²) in [6.45, 7) is 1.95. The maximum Gasteiger partial charge on any atom is 0.179 e. The molecule has 2 aliphatic rings. The number of phenolic OH excluding ortho intramolecular Hbond substituents is 1. The highest BCUT2D eigenvalue weighted by Crippen LogP contribution is 2.44. The highest BCUT2D eigenvalue weighted by molar-refractivity contribution is 8.03. The zero-order valence-corrected chi connectivity index (χ0v) is 12.2. The van der Waals surface area contributed by atoms with Gasteiger partial charge in [0.1, 0.15) is 0 Å². The van der Waals surface area contributed by atoms with E-state index >= 15 is 0 Å². The Labute approximate surface area is 122 Å². The molecule has 0 spiro atoms. The van der Waals surface area contributed by atoms with E-state index in [9.17, 15) is 5.11 Å². The monoisotopic (exact) mass is 297 g/mol. The summed E-state index contributed by atoms with van der Waals surface area (Å²) in [6, 6.07) is 3.68. The Kier molecular flexibility index (Phi) is 3.65. The van der Waals surface area contributed by atoms with E-state index in [2.05, 4.69) is 16.8 Å². The van der Waals surface area contributed by atoms with Crippen molar-refractivity contribution in [3.05, 3.63) is 34.2 Å². The molecule has 0 aromatic heterocycles. The average Bonchev–Trinajstić information content (AvgIpc) is 2.86. The number of phenols is 1. The predicted octanol–water partition coefficient (Wildman–Crippen LogP) is 2.99. The highest BCUT2D eigenvalue weighted by atomic mass is 35.5. The molecule has 3 nitrogen and oxygen atoms in total. The van der Waals surface area contributed by atoms with Gasteiger partial charge in [-0.15, -0.1) is 11.8 Å². The number of aromatic hydroxyl groups is 1. The zero-order chi connectivity index (χ0) is 13.4. The van der Waals surface area contributed by atoms with Crippen molar-refractivity contribution in [2.24, 2.45) is 5.92 Å². The fraction of sp³-hybridized carbons (Fsp3) is 0.429. The van der Waals surface area contributed by atoms with Crippen LogP contribution in [-0.4, -0.2) is 30.6 Å². The van der Waals surface area contributed by atoms with Crippen LogP contribution in [0.3, 0.4) is 0 Å². The lowest BCUT2D eigenvalue weighted by Crippen LogP contribution is -2.41. The first-order valence-electron chi connectivity index (χ1n) is 6.30. The number of allylic oxidation sites excluding steroid dienone is 1. The molecule has 2 N–H and O–H groups in total. The zero-order valence-electron chi connectivity index (χ0n) is 10.6. The number of piperidine rings is 1. The van der Waals surface area contributed by atoms with Crippen LogP contribution in [-0.2, 0) is 0 Å². The van der Waals surface area contributed by atoms with E-state index in [0.29, 0.717) is 27.9 Å². The summed E-state index contributed by atoms with van der Waals surface area (Å²) in [7, 11) is 1.51. The van der Waals surface area contributed by atoms with Crippen LogP contribution < -0.4 is 10.1 Å². The fourth-order valence-electron chi connectivity index (χ4n) is 2.90. The second kappa shape index (κ2) is 5.27. The first-order valence-corrected chi connectivity index (χ1v) is 7.62. The van der Waals surface area contributed by atoms with Crippen molar-refractivity contribution in [1.29, 1.82) is 0 Å². The van der Waals surface area contributed by atoms with E-state index < -0.39 is 0 Å². The molecule has 0 saturated carbocycles. The van der Waals surface area contributed by atoms with Crippen molar-refractivity contribution in [1.82, 2.24) is 5.32 Å². The molecule has 0 bridgehead atoms. The molecular weight excluding hydrogens is 282 g/mol. The number of thioether (sulfide) groups is 1. The molecule has 0 aliphatic carbocycles. The SMILES string of the molecule is COc1c(O)cc(C2CNCC3SC=CC32)cc1Cl. The molecular formula is C14H16ClNO2S. The summed E-state index contributed by atoms with van der Waals surface area (Å²) in [5.74, 6) is 1.32. The number of methoxy groups -OCH3 is 1. The maximum atomic E-state index is 9.99. The number of ether oxygens (including phenoxy) is 1. The topological polar surface area (TPSA) is 41.5 Å². The average molecular weight is 298 g/mol. The quantitative estimate of drug-likeness (QED) is 0.880. The second-order valence-corrected chi connectivity index (χ2v) is 6.46. The summed E-state index contributed by atoms with van der Waals surface area (Å²) in [6.07, 6.45) is 2.27. The summed E-state index contributed by atoms with van der Waals surface area (Å²) in [5, 5.41) is 16.7. The van der Waals surface area contributed by atoms with Crippen LogP contribution in [0.25, 0.3) is 0 Å². The van der Waals surface area contributed by atoms with Gasteiger partial charge in [0.15, 0.2) is 11.5 Å². The Bertz CT molecular complexity index is 497.